The Morgan fingerprint density at radius 2 is 1.10 bits per heavy atom. The first-order valence-corrected chi connectivity index (χ1v) is 18.0. The molecule has 0 fully saturated rings. The van der Waals surface area contributed by atoms with Crippen LogP contribution in [-0.4, -0.2) is 47.1 Å². The lowest BCUT2D eigenvalue weighted by atomic mass is 9.86. The average molecular weight is 657 g/mol. The summed E-state index contributed by atoms with van der Waals surface area (Å²) >= 11 is 24.8. The SMILES string of the molecule is CC(C)(CCOCCOCCC(C)(C)CCn1c(S)c2c(cc1=S)SCC2)CCn1c(S)c2c(cc1=S)SCC2. The Balaban J connectivity index is 1.09. The summed E-state index contributed by atoms with van der Waals surface area (Å²) in [6.45, 7) is 13.8. The summed E-state index contributed by atoms with van der Waals surface area (Å²) in [6, 6.07) is 4.31. The van der Waals surface area contributed by atoms with Crippen LogP contribution in [0.15, 0.2) is 32.0 Å². The zero-order valence-corrected chi connectivity index (χ0v) is 29.3. The van der Waals surface area contributed by atoms with E-state index in [-0.39, 0.29) is 10.8 Å². The summed E-state index contributed by atoms with van der Waals surface area (Å²) < 4.78 is 18.1. The molecule has 0 aromatic carbocycles. The number of aromatic nitrogens is 2. The monoisotopic (exact) mass is 656 g/mol. The highest BCUT2D eigenvalue weighted by Crippen LogP contribution is 2.37. The standard InChI is InChI=1S/C30H44N2O2S6/c1-29(2,7-11-31-25(35)19-23-21(27(31)37)5-17-39-23)9-13-33-15-16-34-14-10-30(3,4)8-12-32-26(36)20-24-22(28(32)38)6-18-40-24/h19-20,37-38H,5-18H2,1-4H3. The third-order valence-electron chi connectivity index (χ3n) is 8.15. The van der Waals surface area contributed by atoms with Gasteiger partial charge in [-0.1, -0.05) is 52.1 Å². The molecule has 0 amide bonds. The molecule has 10 heteroatoms. The molecule has 222 valence electrons. The molecule has 2 aliphatic rings. The normalized spacial score (nSPS) is 15.1. The minimum Gasteiger partial charge on any atom is -0.379 e. The van der Waals surface area contributed by atoms with E-state index in [4.69, 9.17) is 59.2 Å². The highest BCUT2D eigenvalue weighted by atomic mass is 32.2. The zero-order valence-electron chi connectivity index (χ0n) is 24.3. The molecule has 0 spiro atoms. The van der Waals surface area contributed by atoms with E-state index in [0.717, 1.165) is 95.7 Å². The van der Waals surface area contributed by atoms with Crippen molar-refractivity contribution in [2.24, 2.45) is 10.8 Å². The highest BCUT2D eigenvalue weighted by Gasteiger charge is 2.23. The lowest BCUT2D eigenvalue weighted by Crippen LogP contribution is -2.20. The molecule has 0 bridgehead atoms. The average Bonchev–Trinajstić information content (AvgIpc) is 3.55. The maximum absolute atomic E-state index is 5.93. The fourth-order valence-electron chi connectivity index (χ4n) is 5.09. The van der Waals surface area contributed by atoms with Gasteiger partial charge in [-0.05, 0) is 72.6 Å². The molecule has 0 N–H and O–H groups in total. The van der Waals surface area contributed by atoms with Gasteiger partial charge in [0.15, 0.2) is 0 Å². The summed E-state index contributed by atoms with van der Waals surface area (Å²) in [6.07, 6.45) is 6.28. The maximum Gasteiger partial charge on any atom is 0.107 e. The number of hydrogen-bond acceptors (Lipinski definition) is 8. The minimum atomic E-state index is 0.168. The molecular weight excluding hydrogens is 613 g/mol. The van der Waals surface area contributed by atoms with Crippen molar-refractivity contribution in [3.05, 3.63) is 32.5 Å². The lowest BCUT2D eigenvalue weighted by Gasteiger charge is -2.26. The first-order chi connectivity index (χ1) is 19.0. The molecule has 0 aliphatic carbocycles. The van der Waals surface area contributed by atoms with Crippen LogP contribution in [0.4, 0.5) is 0 Å². The number of nitrogens with zero attached hydrogens (tertiary/aromatic N) is 2. The number of rotatable bonds is 15. The number of fused-ring (bicyclic) bond motifs is 2. The molecule has 0 saturated heterocycles. The van der Waals surface area contributed by atoms with Crippen LogP contribution in [0.2, 0.25) is 0 Å². The first-order valence-electron chi connectivity index (χ1n) is 14.3. The van der Waals surface area contributed by atoms with Crippen molar-refractivity contribution in [1.29, 1.82) is 0 Å². The second-order valence-electron chi connectivity index (χ2n) is 12.4. The first kappa shape index (κ1) is 33.0. The second-order valence-corrected chi connectivity index (χ2v) is 16.3. The van der Waals surface area contributed by atoms with Crippen LogP contribution in [-0.2, 0) is 35.4 Å². The molecule has 0 saturated carbocycles. The van der Waals surface area contributed by atoms with Crippen molar-refractivity contribution in [3.63, 3.8) is 0 Å². The summed E-state index contributed by atoms with van der Waals surface area (Å²) in [5.41, 5.74) is 3.06. The van der Waals surface area contributed by atoms with Crippen LogP contribution in [0, 0.1) is 20.1 Å². The van der Waals surface area contributed by atoms with E-state index < -0.39 is 0 Å². The molecular formula is C30H44N2O2S6. The number of ether oxygens (including phenoxy) is 2. The van der Waals surface area contributed by atoms with Gasteiger partial charge in [0.25, 0.3) is 0 Å². The largest absolute Gasteiger partial charge is 0.379 e. The number of thiol groups is 2. The van der Waals surface area contributed by atoms with Gasteiger partial charge in [0, 0.05) is 47.6 Å². The fraction of sp³-hybridized carbons (Fsp3) is 0.667. The van der Waals surface area contributed by atoms with E-state index in [1.54, 1.807) is 0 Å². The zero-order chi connectivity index (χ0) is 28.9. The topological polar surface area (TPSA) is 28.3 Å². The van der Waals surface area contributed by atoms with Crippen LogP contribution in [0.3, 0.4) is 0 Å². The van der Waals surface area contributed by atoms with Crippen LogP contribution in [0.1, 0.15) is 64.5 Å². The summed E-state index contributed by atoms with van der Waals surface area (Å²) in [5.74, 6) is 2.27. The van der Waals surface area contributed by atoms with Gasteiger partial charge < -0.3 is 18.6 Å². The van der Waals surface area contributed by atoms with Gasteiger partial charge in [-0.2, -0.15) is 0 Å². The van der Waals surface area contributed by atoms with Crippen molar-refractivity contribution in [3.8, 4) is 0 Å². The van der Waals surface area contributed by atoms with Crippen molar-refractivity contribution in [2.75, 3.05) is 37.9 Å². The van der Waals surface area contributed by atoms with Crippen LogP contribution < -0.4 is 0 Å². The smallest absolute Gasteiger partial charge is 0.107 e. The Hall–Kier alpha value is 0.0600. The Morgan fingerprint density at radius 3 is 1.50 bits per heavy atom. The van der Waals surface area contributed by atoms with Gasteiger partial charge >= 0.3 is 0 Å². The lowest BCUT2D eigenvalue weighted by molar-refractivity contribution is 0.0268. The van der Waals surface area contributed by atoms with Crippen LogP contribution in [0.5, 0.6) is 0 Å². The minimum absolute atomic E-state index is 0.168. The van der Waals surface area contributed by atoms with Gasteiger partial charge in [0.05, 0.1) is 23.3 Å². The maximum atomic E-state index is 5.93. The van der Waals surface area contributed by atoms with Gasteiger partial charge in [-0.15, -0.1) is 48.8 Å². The van der Waals surface area contributed by atoms with E-state index in [1.165, 1.54) is 20.9 Å². The molecule has 4 heterocycles. The molecule has 0 unspecified atom stereocenters. The summed E-state index contributed by atoms with van der Waals surface area (Å²) in [7, 11) is 0. The highest BCUT2D eigenvalue weighted by molar-refractivity contribution is 8.00. The van der Waals surface area contributed by atoms with E-state index in [9.17, 15) is 0 Å². The van der Waals surface area contributed by atoms with E-state index in [0.29, 0.717) is 13.2 Å². The number of thioether (sulfide) groups is 2. The molecule has 4 rings (SSSR count). The molecule has 2 aliphatic heterocycles. The van der Waals surface area contributed by atoms with E-state index in [1.807, 2.05) is 23.5 Å². The Kier molecular flexibility index (Phi) is 12.1. The number of hydrogen-bond donors (Lipinski definition) is 2. The molecule has 2 aromatic rings. The van der Waals surface area contributed by atoms with Crippen molar-refractivity contribution in [1.82, 2.24) is 9.13 Å². The van der Waals surface area contributed by atoms with E-state index in [2.05, 4.69) is 49.0 Å². The Labute approximate surface area is 270 Å². The molecule has 0 radical (unpaired) electrons. The second kappa shape index (κ2) is 14.7. The van der Waals surface area contributed by atoms with Gasteiger partial charge in [-0.25, -0.2) is 0 Å². The van der Waals surface area contributed by atoms with Crippen molar-refractivity contribution < 1.29 is 9.47 Å². The third-order valence-corrected chi connectivity index (χ3v) is 12.0. The summed E-state index contributed by atoms with van der Waals surface area (Å²) in [5, 5.41) is 2.11. The van der Waals surface area contributed by atoms with Gasteiger partial charge in [0.1, 0.15) is 9.28 Å². The fourth-order valence-corrected chi connectivity index (χ4v) is 9.20. The third kappa shape index (κ3) is 8.80. The molecule has 0 atom stereocenters. The molecule has 4 nitrogen and oxygen atoms in total. The predicted molar refractivity (Wildman–Crippen MR) is 182 cm³/mol. The Bertz CT molecular complexity index is 1200. The summed E-state index contributed by atoms with van der Waals surface area (Å²) in [4.78, 5) is 2.63. The van der Waals surface area contributed by atoms with Crippen molar-refractivity contribution in [2.45, 2.75) is 99.2 Å². The Morgan fingerprint density at radius 1 is 0.700 bits per heavy atom. The quantitative estimate of drug-likeness (QED) is 0.113. The molecule has 2 aromatic heterocycles. The number of pyridine rings is 2. The predicted octanol–water partition coefficient (Wildman–Crippen LogP) is 8.97. The van der Waals surface area contributed by atoms with Gasteiger partial charge in [-0.3, -0.25) is 0 Å². The van der Waals surface area contributed by atoms with Crippen LogP contribution in [0.25, 0.3) is 0 Å². The van der Waals surface area contributed by atoms with Crippen LogP contribution >= 0.6 is 73.2 Å². The van der Waals surface area contributed by atoms with E-state index >= 15 is 0 Å². The molecule has 40 heavy (non-hydrogen) atoms. The van der Waals surface area contributed by atoms with Gasteiger partial charge in [0.2, 0.25) is 0 Å². The van der Waals surface area contributed by atoms with Crippen molar-refractivity contribution >= 4 is 73.2 Å².